The largest absolute Gasteiger partial charge is 0.397 e. The molecule has 0 radical (unpaired) electrons. The molecule has 0 aromatic carbocycles. The summed E-state index contributed by atoms with van der Waals surface area (Å²) >= 11 is 5.48. The molecule has 15 heavy (non-hydrogen) atoms. The fraction of sp³-hybridized carbons (Fsp3) is 0.500. The predicted octanol–water partition coefficient (Wildman–Crippen LogP) is 2.59. The van der Waals surface area contributed by atoms with E-state index in [9.17, 15) is 0 Å². The van der Waals surface area contributed by atoms with Gasteiger partial charge in [0.15, 0.2) is 0 Å². The van der Waals surface area contributed by atoms with Crippen LogP contribution < -0.4 is 11.1 Å². The summed E-state index contributed by atoms with van der Waals surface area (Å²) in [5, 5.41) is 3.36. The van der Waals surface area contributed by atoms with Crippen LogP contribution in [0.4, 0.5) is 11.5 Å². The highest BCUT2D eigenvalue weighted by Gasteiger charge is 2.15. The molecule has 1 atom stereocenters. The molecule has 1 unspecified atom stereocenters. The van der Waals surface area contributed by atoms with Gasteiger partial charge in [0.2, 0.25) is 0 Å². The second-order valence-corrected chi connectivity index (χ2v) is 5.71. The molecule has 3 N–H and O–H groups in total. The molecule has 3 nitrogen and oxygen atoms in total. The van der Waals surface area contributed by atoms with Crippen LogP contribution in [0, 0.1) is 5.92 Å². The van der Waals surface area contributed by atoms with Crippen LogP contribution in [0.2, 0.25) is 0 Å². The van der Waals surface area contributed by atoms with Crippen molar-refractivity contribution in [2.45, 2.75) is 6.42 Å². The first-order valence-electron chi connectivity index (χ1n) is 4.98. The third-order valence-electron chi connectivity index (χ3n) is 2.44. The summed E-state index contributed by atoms with van der Waals surface area (Å²) in [6.07, 6.45) is 2.99. The average Bonchev–Trinajstić information content (AvgIpc) is 2.69. The van der Waals surface area contributed by atoms with Crippen LogP contribution in [0.15, 0.2) is 16.7 Å². The molecule has 1 aromatic rings. The van der Waals surface area contributed by atoms with Crippen LogP contribution in [0.3, 0.4) is 0 Å². The molecule has 1 saturated heterocycles. The Bertz CT molecular complexity index is 339. The highest BCUT2D eigenvalue weighted by molar-refractivity contribution is 9.10. The molecule has 1 fully saturated rings. The Hall–Kier alpha value is -0.420. The lowest BCUT2D eigenvalue weighted by molar-refractivity contribution is 0.630. The molecule has 1 aromatic heterocycles. The van der Waals surface area contributed by atoms with E-state index in [1.165, 1.54) is 17.9 Å². The summed E-state index contributed by atoms with van der Waals surface area (Å²) in [4.78, 5) is 4.25. The number of aromatic nitrogens is 1. The number of hydrogen-bond acceptors (Lipinski definition) is 4. The summed E-state index contributed by atoms with van der Waals surface area (Å²) < 4.78 is 0.938. The Morgan fingerprint density at radius 2 is 2.53 bits per heavy atom. The SMILES string of the molecule is Nc1cnc(NCC2CCSC2)c(Br)c1. The third-order valence-corrected chi connectivity index (χ3v) is 4.28. The highest BCUT2D eigenvalue weighted by atomic mass is 79.9. The normalized spacial score (nSPS) is 20.5. The average molecular weight is 288 g/mol. The molecular weight excluding hydrogens is 274 g/mol. The zero-order valence-corrected chi connectivity index (χ0v) is 10.8. The number of thioether (sulfide) groups is 1. The third kappa shape index (κ3) is 3.01. The van der Waals surface area contributed by atoms with Crippen molar-refractivity contribution in [3.05, 3.63) is 16.7 Å². The smallest absolute Gasteiger partial charge is 0.140 e. The van der Waals surface area contributed by atoms with Gasteiger partial charge in [-0.3, -0.25) is 0 Å². The maximum atomic E-state index is 5.62. The van der Waals surface area contributed by atoms with Crippen LogP contribution in [0.5, 0.6) is 0 Å². The van der Waals surface area contributed by atoms with Crippen LogP contribution in [0.1, 0.15) is 6.42 Å². The first kappa shape index (κ1) is 11.1. The molecule has 0 spiro atoms. The number of nitrogens with two attached hydrogens (primary N) is 1. The molecule has 0 aliphatic carbocycles. The van der Waals surface area contributed by atoms with Crippen LogP contribution in [-0.2, 0) is 0 Å². The number of halogens is 1. The van der Waals surface area contributed by atoms with Gasteiger partial charge in [-0.05, 0) is 45.8 Å². The van der Waals surface area contributed by atoms with Crippen molar-refractivity contribution in [1.29, 1.82) is 0 Å². The van der Waals surface area contributed by atoms with Gasteiger partial charge in [-0.25, -0.2) is 4.98 Å². The lowest BCUT2D eigenvalue weighted by Gasteiger charge is -2.11. The summed E-state index contributed by atoms with van der Waals surface area (Å²) in [5.41, 5.74) is 6.31. The minimum atomic E-state index is 0.684. The second kappa shape index (κ2) is 5.07. The van der Waals surface area contributed by atoms with Gasteiger partial charge in [0.1, 0.15) is 5.82 Å². The van der Waals surface area contributed by atoms with Crippen LogP contribution in [-0.4, -0.2) is 23.0 Å². The standard InChI is InChI=1S/C10H14BrN3S/c11-9-3-8(12)5-14-10(9)13-4-7-1-2-15-6-7/h3,5,7H,1-2,4,6,12H2,(H,13,14). The molecular formula is C10H14BrN3S. The topological polar surface area (TPSA) is 50.9 Å². The molecule has 2 rings (SSSR count). The number of pyridine rings is 1. The number of anilines is 2. The second-order valence-electron chi connectivity index (χ2n) is 3.71. The lowest BCUT2D eigenvalue weighted by atomic mass is 10.1. The fourth-order valence-corrected chi connectivity index (χ4v) is 3.36. The van der Waals surface area contributed by atoms with E-state index in [1.807, 2.05) is 17.8 Å². The molecule has 2 heterocycles. The molecule has 0 bridgehead atoms. The predicted molar refractivity (Wildman–Crippen MR) is 70.3 cm³/mol. The van der Waals surface area contributed by atoms with Crippen molar-refractivity contribution in [3.8, 4) is 0 Å². The Kier molecular flexibility index (Phi) is 3.75. The van der Waals surface area contributed by atoms with Gasteiger partial charge >= 0.3 is 0 Å². The summed E-state index contributed by atoms with van der Waals surface area (Å²) in [7, 11) is 0. The van der Waals surface area contributed by atoms with E-state index in [1.54, 1.807) is 6.20 Å². The van der Waals surface area contributed by atoms with Gasteiger partial charge in [-0.1, -0.05) is 0 Å². The minimum absolute atomic E-state index is 0.684. The van der Waals surface area contributed by atoms with Crippen molar-refractivity contribution in [2.24, 2.45) is 5.92 Å². The quantitative estimate of drug-likeness (QED) is 0.897. The zero-order chi connectivity index (χ0) is 10.7. The molecule has 0 amide bonds. The maximum Gasteiger partial charge on any atom is 0.140 e. The Labute approximate surface area is 102 Å². The van der Waals surface area contributed by atoms with Gasteiger partial charge in [0.05, 0.1) is 16.4 Å². The minimum Gasteiger partial charge on any atom is -0.397 e. The van der Waals surface area contributed by atoms with E-state index < -0.39 is 0 Å². The van der Waals surface area contributed by atoms with Gasteiger partial charge < -0.3 is 11.1 Å². The Morgan fingerprint density at radius 3 is 3.20 bits per heavy atom. The van der Waals surface area contributed by atoms with Crippen LogP contribution in [0.25, 0.3) is 0 Å². The monoisotopic (exact) mass is 287 g/mol. The van der Waals surface area contributed by atoms with Gasteiger partial charge in [-0.2, -0.15) is 11.8 Å². The molecule has 1 aliphatic heterocycles. The van der Waals surface area contributed by atoms with Gasteiger partial charge in [-0.15, -0.1) is 0 Å². The van der Waals surface area contributed by atoms with E-state index in [4.69, 9.17) is 5.73 Å². The number of nitrogens with zero attached hydrogens (tertiary/aromatic N) is 1. The van der Waals surface area contributed by atoms with E-state index in [0.717, 1.165) is 22.8 Å². The number of nitrogens with one attached hydrogen (secondary N) is 1. The zero-order valence-electron chi connectivity index (χ0n) is 8.37. The first-order chi connectivity index (χ1) is 7.25. The van der Waals surface area contributed by atoms with Crippen molar-refractivity contribution in [3.63, 3.8) is 0 Å². The van der Waals surface area contributed by atoms with E-state index in [2.05, 4.69) is 26.2 Å². The molecule has 0 saturated carbocycles. The van der Waals surface area contributed by atoms with Crippen molar-refractivity contribution < 1.29 is 0 Å². The van der Waals surface area contributed by atoms with Crippen molar-refractivity contribution in [1.82, 2.24) is 4.98 Å². The Balaban J connectivity index is 1.92. The number of rotatable bonds is 3. The van der Waals surface area contributed by atoms with E-state index in [0.29, 0.717) is 5.69 Å². The van der Waals surface area contributed by atoms with Gasteiger partial charge in [0, 0.05) is 6.54 Å². The summed E-state index contributed by atoms with van der Waals surface area (Å²) in [6, 6.07) is 1.87. The van der Waals surface area contributed by atoms with Crippen LogP contribution >= 0.6 is 27.7 Å². The molecule has 5 heteroatoms. The molecule has 82 valence electrons. The summed E-state index contributed by atoms with van der Waals surface area (Å²) in [6.45, 7) is 1.00. The van der Waals surface area contributed by atoms with E-state index >= 15 is 0 Å². The molecule has 1 aliphatic rings. The summed E-state index contributed by atoms with van der Waals surface area (Å²) in [5.74, 6) is 4.23. The number of hydrogen-bond donors (Lipinski definition) is 2. The van der Waals surface area contributed by atoms with E-state index in [-0.39, 0.29) is 0 Å². The fourth-order valence-electron chi connectivity index (χ4n) is 1.57. The first-order valence-corrected chi connectivity index (χ1v) is 6.93. The van der Waals surface area contributed by atoms with Crippen molar-refractivity contribution in [2.75, 3.05) is 29.1 Å². The highest BCUT2D eigenvalue weighted by Crippen LogP contribution is 2.26. The maximum absolute atomic E-state index is 5.62. The van der Waals surface area contributed by atoms with Gasteiger partial charge in [0.25, 0.3) is 0 Å². The van der Waals surface area contributed by atoms with Crippen molar-refractivity contribution >= 4 is 39.2 Å². The lowest BCUT2D eigenvalue weighted by Crippen LogP contribution is -2.14. The Morgan fingerprint density at radius 1 is 1.67 bits per heavy atom. The number of nitrogen functional groups attached to an aromatic ring is 1.